The molecule has 18 heavy (non-hydrogen) atoms. The van der Waals surface area contributed by atoms with Crippen LogP contribution in [0.1, 0.15) is 38.8 Å². The average Bonchev–Trinajstić information content (AvgIpc) is 2.16. The van der Waals surface area contributed by atoms with Crippen LogP contribution in [0, 0.1) is 0 Å². The average molecular weight is 269 g/mol. The largest absolute Gasteiger partial charge is 0.444 e. The third-order valence-corrected chi connectivity index (χ3v) is 3.01. The summed E-state index contributed by atoms with van der Waals surface area (Å²) in [7, 11) is 0. The zero-order chi connectivity index (χ0) is 13.3. The first-order chi connectivity index (χ1) is 8.37. The van der Waals surface area contributed by atoms with E-state index in [0.29, 0.717) is 5.15 Å². The number of carbonyl (C=O) groups is 1. The number of likely N-dealkylation sites (tertiary alicyclic amines) is 1. The van der Waals surface area contributed by atoms with Crippen LogP contribution in [-0.2, 0) is 4.74 Å². The van der Waals surface area contributed by atoms with E-state index in [-0.39, 0.29) is 12.1 Å². The van der Waals surface area contributed by atoms with Gasteiger partial charge in [0.25, 0.3) is 0 Å². The SMILES string of the molecule is CC(C)(C)OC(=O)N1CCC1c1ccc(Cl)nc1. The third kappa shape index (κ3) is 2.93. The Morgan fingerprint density at radius 2 is 2.22 bits per heavy atom. The van der Waals surface area contributed by atoms with Crippen molar-refractivity contribution in [2.45, 2.75) is 38.8 Å². The third-order valence-electron chi connectivity index (χ3n) is 2.78. The van der Waals surface area contributed by atoms with E-state index in [1.165, 1.54) is 0 Å². The van der Waals surface area contributed by atoms with Crippen LogP contribution >= 0.6 is 11.6 Å². The van der Waals surface area contributed by atoms with E-state index in [1.807, 2.05) is 26.8 Å². The quantitative estimate of drug-likeness (QED) is 0.733. The number of nitrogens with zero attached hydrogens (tertiary/aromatic N) is 2. The Balaban J connectivity index is 2.04. The summed E-state index contributed by atoms with van der Waals surface area (Å²) in [6, 6.07) is 3.70. The molecule has 4 nitrogen and oxygen atoms in total. The highest BCUT2D eigenvalue weighted by atomic mass is 35.5. The lowest BCUT2D eigenvalue weighted by atomic mass is 9.97. The number of aromatic nitrogens is 1. The van der Waals surface area contributed by atoms with E-state index in [1.54, 1.807) is 17.2 Å². The van der Waals surface area contributed by atoms with E-state index in [4.69, 9.17) is 16.3 Å². The molecule has 1 aliphatic rings. The van der Waals surface area contributed by atoms with Crippen LogP contribution in [0.15, 0.2) is 18.3 Å². The van der Waals surface area contributed by atoms with Gasteiger partial charge in [0.15, 0.2) is 0 Å². The Hall–Kier alpha value is -1.29. The number of hydrogen-bond donors (Lipinski definition) is 0. The molecule has 1 amide bonds. The van der Waals surface area contributed by atoms with Crippen molar-refractivity contribution in [2.75, 3.05) is 6.54 Å². The minimum absolute atomic E-state index is 0.0598. The smallest absolute Gasteiger partial charge is 0.410 e. The summed E-state index contributed by atoms with van der Waals surface area (Å²) in [4.78, 5) is 17.7. The summed E-state index contributed by atoms with van der Waals surface area (Å²) in [5.41, 5.74) is 0.534. The molecule has 2 heterocycles. The standard InChI is InChI=1S/C13H17ClN2O2/c1-13(2,3)18-12(17)16-7-6-10(16)9-4-5-11(14)15-8-9/h4-5,8,10H,6-7H2,1-3H3. The molecule has 0 bridgehead atoms. The van der Waals surface area contributed by atoms with Gasteiger partial charge in [-0.15, -0.1) is 0 Å². The fourth-order valence-corrected chi connectivity index (χ4v) is 1.97. The van der Waals surface area contributed by atoms with Crippen molar-refractivity contribution in [3.8, 4) is 0 Å². The van der Waals surface area contributed by atoms with Gasteiger partial charge >= 0.3 is 6.09 Å². The van der Waals surface area contributed by atoms with E-state index >= 15 is 0 Å². The van der Waals surface area contributed by atoms with Gasteiger partial charge in [-0.25, -0.2) is 9.78 Å². The first-order valence-corrected chi connectivity index (χ1v) is 6.36. The summed E-state index contributed by atoms with van der Waals surface area (Å²) in [6.07, 6.45) is 2.38. The van der Waals surface area contributed by atoms with Crippen LogP contribution in [0.3, 0.4) is 0 Å². The van der Waals surface area contributed by atoms with Crippen molar-refractivity contribution >= 4 is 17.7 Å². The highest BCUT2D eigenvalue weighted by Gasteiger charge is 2.36. The molecule has 98 valence electrons. The number of pyridine rings is 1. The summed E-state index contributed by atoms with van der Waals surface area (Å²) in [6.45, 7) is 6.32. The molecular formula is C13H17ClN2O2. The van der Waals surface area contributed by atoms with Crippen LogP contribution < -0.4 is 0 Å². The minimum Gasteiger partial charge on any atom is -0.444 e. The predicted octanol–water partition coefficient (Wildman–Crippen LogP) is 3.42. The van der Waals surface area contributed by atoms with Crippen molar-refractivity contribution in [3.05, 3.63) is 29.0 Å². The first kappa shape index (κ1) is 13.1. The van der Waals surface area contributed by atoms with Gasteiger partial charge in [-0.05, 0) is 38.8 Å². The van der Waals surface area contributed by atoms with Gasteiger partial charge in [0.1, 0.15) is 10.8 Å². The van der Waals surface area contributed by atoms with Gasteiger partial charge in [-0.1, -0.05) is 17.7 Å². The molecular weight excluding hydrogens is 252 g/mol. The molecule has 1 saturated heterocycles. The van der Waals surface area contributed by atoms with Crippen molar-refractivity contribution in [2.24, 2.45) is 0 Å². The molecule has 0 aromatic carbocycles. The topological polar surface area (TPSA) is 42.4 Å². The second kappa shape index (κ2) is 4.76. The Bertz CT molecular complexity index is 439. The maximum atomic E-state index is 11.9. The van der Waals surface area contributed by atoms with Gasteiger partial charge in [-0.2, -0.15) is 0 Å². The lowest BCUT2D eigenvalue weighted by Crippen LogP contribution is -2.47. The number of amides is 1. The monoisotopic (exact) mass is 268 g/mol. The highest BCUT2D eigenvalue weighted by Crippen LogP contribution is 2.34. The van der Waals surface area contributed by atoms with Crippen LogP contribution in [-0.4, -0.2) is 28.1 Å². The van der Waals surface area contributed by atoms with Crippen molar-refractivity contribution in [1.82, 2.24) is 9.88 Å². The van der Waals surface area contributed by atoms with E-state index in [2.05, 4.69) is 4.98 Å². The lowest BCUT2D eigenvalue weighted by Gasteiger charge is -2.41. The molecule has 2 rings (SSSR count). The molecule has 0 radical (unpaired) electrons. The van der Waals surface area contributed by atoms with Gasteiger partial charge in [0.2, 0.25) is 0 Å². The Morgan fingerprint density at radius 1 is 1.50 bits per heavy atom. The number of hydrogen-bond acceptors (Lipinski definition) is 3. The van der Waals surface area contributed by atoms with Gasteiger partial charge < -0.3 is 9.64 Å². The fourth-order valence-electron chi connectivity index (χ4n) is 1.86. The normalized spacial score (nSPS) is 19.3. The van der Waals surface area contributed by atoms with E-state index in [9.17, 15) is 4.79 Å². The minimum atomic E-state index is -0.463. The molecule has 0 aliphatic carbocycles. The molecule has 1 atom stereocenters. The van der Waals surface area contributed by atoms with Crippen molar-refractivity contribution in [1.29, 1.82) is 0 Å². The van der Waals surface area contributed by atoms with Crippen molar-refractivity contribution < 1.29 is 9.53 Å². The van der Waals surface area contributed by atoms with E-state index in [0.717, 1.165) is 18.5 Å². The second-order valence-corrected chi connectivity index (χ2v) is 5.78. The summed E-state index contributed by atoms with van der Waals surface area (Å²) >= 11 is 5.75. The van der Waals surface area contributed by atoms with E-state index < -0.39 is 5.60 Å². The highest BCUT2D eigenvalue weighted by molar-refractivity contribution is 6.29. The molecule has 0 saturated carbocycles. The number of carbonyl (C=O) groups excluding carboxylic acids is 1. The lowest BCUT2D eigenvalue weighted by molar-refractivity contribution is -0.00579. The Morgan fingerprint density at radius 3 is 2.67 bits per heavy atom. The molecule has 0 N–H and O–H groups in total. The number of rotatable bonds is 1. The number of ether oxygens (including phenoxy) is 1. The van der Waals surface area contributed by atoms with Gasteiger partial charge in [0.05, 0.1) is 6.04 Å². The Labute approximate surface area is 112 Å². The van der Waals surface area contributed by atoms with Crippen molar-refractivity contribution in [3.63, 3.8) is 0 Å². The predicted molar refractivity (Wildman–Crippen MR) is 69.5 cm³/mol. The van der Waals surface area contributed by atoms with Crippen LogP contribution in [0.25, 0.3) is 0 Å². The maximum absolute atomic E-state index is 11.9. The molecule has 0 spiro atoms. The second-order valence-electron chi connectivity index (χ2n) is 5.39. The molecule has 1 aliphatic heterocycles. The zero-order valence-electron chi connectivity index (χ0n) is 10.8. The number of halogens is 1. The summed E-state index contributed by atoms with van der Waals surface area (Å²) in [5.74, 6) is 0. The Kier molecular flexibility index (Phi) is 3.48. The molecule has 5 heteroatoms. The van der Waals surface area contributed by atoms with Gasteiger partial charge in [0, 0.05) is 12.7 Å². The molecule has 1 aromatic rings. The molecule has 1 fully saturated rings. The fraction of sp³-hybridized carbons (Fsp3) is 0.538. The maximum Gasteiger partial charge on any atom is 0.410 e. The van der Waals surface area contributed by atoms with Crippen LogP contribution in [0.2, 0.25) is 5.15 Å². The molecule has 1 unspecified atom stereocenters. The zero-order valence-corrected chi connectivity index (χ0v) is 11.6. The van der Waals surface area contributed by atoms with Crippen LogP contribution in [0.4, 0.5) is 4.79 Å². The first-order valence-electron chi connectivity index (χ1n) is 5.98. The molecule has 1 aromatic heterocycles. The van der Waals surface area contributed by atoms with Crippen LogP contribution in [0.5, 0.6) is 0 Å². The summed E-state index contributed by atoms with van der Waals surface area (Å²) < 4.78 is 5.36. The van der Waals surface area contributed by atoms with Gasteiger partial charge in [-0.3, -0.25) is 0 Å². The summed E-state index contributed by atoms with van der Waals surface area (Å²) in [5, 5.41) is 0.460.